The van der Waals surface area contributed by atoms with Crippen molar-refractivity contribution in [3.8, 4) is 0 Å². The van der Waals surface area contributed by atoms with Gasteiger partial charge in [-0.3, -0.25) is 0 Å². The normalized spacial score (nSPS) is 21.4. The quantitative estimate of drug-likeness (QED) is 0.746. The molecule has 24 heavy (non-hydrogen) atoms. The molecule has 4 rings (SSSR count). The number of hydrogen-bond acceptors (Lipinski definition) is 5. The monoisotopic (exact) mass is 326 g/mol. The molecule has 0 spiro atoms. The van der Waals surface area contributed by atoms with Gasteiger partial charge in [0.05, 0.1) is 30.6 Å². The molecule has 3 aromatic rings. The maximum atomic E-state index is 9.20. The molecule has 1 aliphatic rings. The summed E-state index contributed by atoms with van der Waals surface area (Å²) in [5, 5.41) is 25.5. The van der Waals surface area contributed by atoms with Gasteiger partial charge in [-0.15, -0.1) is 5.10 Å². The van der Waals surface area contributed by atoms with Crippen LogP contribution in [-0.4, -0.2) is 35.8 Å². The van der Waals surface area contributed by atoms with Crippen molar-refractivity contribution < 1.29 is 5.11 Å². The third-order valence-corrected chi connectivity index (χ3v) is 4.85. The molecule has 2 N–H and O–H groups in total. The van der Waals surface area contributed by atoms with E-state index >= 15 is 0 Å². The van der Waals surface area contributed by atoms with Crippen molar-refractivity contribution in [2.24, 2.45) is 0 Å². The van der Waals surface area contributed by atoms with E-state index in [0.29, 0.717) is 11.7 Å². The third-order valence-electron chi connectivity index (χ3n) is 4.85. The van der Waals surface area contributed by atoms with Gasteiger partial charge in [0.25, 0.3) is 0 Å². The predicted octanol–water partition coefficient (Wildman–Crippen LogP) is 1.69. The molecule has 1 aliphatic carbocycles. The number of aliphatic hydroxyl groups is 1. The predicted molar refractivity (Wildman–Crippen MR) is 89.3 cm³/mol. The second kappa shape index (κ2) is 6.70. The van der Waals surface area contributed by atoms with E-state index in [-0.39, 0.29) is 12.6 Å². The zero-order valence-corrected chi connectivity index (χ0v) is 13.5. The van der Waals surface area contributed by atoms with Crippen molar-refractivity contribution in [2.75, 3.05) is 0 Å². The number of aliphatic hydroxyl groups excluding tert-OH is 1. The van der Waals surface area contributed by atoms with Crippen LogP contribution in [0.1, 0.15) is 43.0 Å². The van der Waals surface area contributed by atoms with Crippen LogP contribution in [0.3, 0.4) is 0 Å². The van der Waals surface area contributed by atoms with Crippen LogP contribution < -0.4 is 5.32 Å². The molecule has 3 aromatic heterocycles. The Labute approximate surface area is 140 Å². The molecule has 7 heteroatoms. The molecule has 0 unspecified atom stereocenters. The number of rotatable bonds is 5. The second-order valence-electron chi connectivity index (χ2n) is 6.39. The molecule has 3 heterocycles. The summed E-state index contributed by atoms with van der Waals surface area (Å²) in [6.07, 6.45) is 10.4. The Morgan fingerprint density at radius 3 is 3.04 bits per heavy atom. The highest BCUT2D eigenvalue weighted by Crippen LogP contribution is 2.28. The summed E-state index contributed by atoms with van der Waals surface area (Å²) in [5.74, 6) is 0. The van der Waals surface area contributed by atoms with E-state index in [9.17, 15) is 5.11 Å². The first kappa shape index (κ1) is 15.3. The summed E-state index contributed by atoms with van der Waals surface area (Å²) in [6.45, 7) is 0.726. The van der Waals surface area contributed by atoms with Crippen LogP contribution in [-0.2, 0) is 13.2 Å². The van der Waals surface area contributed by atoms with Crippen LogP contribution >= 0.6 is 0 Å². The minimum atomic E-state index is -0.0623. The molecule has 0 bridgehead atoms. The molecule has 0 amide bonds. The van der Waals surface area contributed by atoms with Crippen molar-refractivity contribution in [3.05, 3.63) is 48.0 Å². The Morgan fingerprint density at radius 2 is 2.17 bits per heavy atom. The van der Waals surface area contributed by atoms with Gasteiger partial charge < -0.3 is 10.4 Å². The second-order valence-corrected chi connectivity index (χ2v) is 6.39. The Kier molecular flexibility index (Phi) is 4.27. The molecule has 126 valence electrons. The van der Waals surface area contributed by atoms with Crippen LogP contribution in [0.2, 0.25) is 0 Å². The lowest BCUT2D eigenvalue weighted by Crippen LogP contribution is -2.39. The van der Waals surface area contributed by atoms with Crippen LogP contribution in [0.5, 0.6) is 0 Å². The van der Waals surface area contributed by atoms with E-state index in [2.05, 4.69) is 26.8 Å². The molecule has 0 aromatic carbocycles. The number of fused-ring (bicyclic) bond motifs is 1. The third kappa shape index (κ3) is 2.92. The van der Waals surface area contributed by atoms with Gasteiger partial charge in [-0.2, -0.15) is 5.10 Å². The standard InChI is InChI=1S/C17H22N6O/c24-12-14-11-23(21-20-14)17-7-2-1-5-15(17)18-9-13-10-19-22-8-4-3-6-16(13)22/h3-4,6,8,10-11,15,17-18,24H,1-2,5,7,9,12H2/t15-,17+/m0/s1. The Hall–Kier alpha value is -2.25. The lowest BCUT2D eigenvalue weighted by Gasteiger charge is -2.32. The topological polar surface area (TPSA) is 80.3 Å². The van der Waals surface area contributed by atoms with Gasteiger partial charge in [0, 0.05) is 24.3 Å². The van der Waals surface area contributed by atoms with Crippen molar-refractivity contribution in [1.82, 2.24) is 29.9 Å². The van der Waals surface area contributed by atoms with Gasteiger partial charge >= 0.3 is 0 Å². The molecular formula is C17H22N6O. The largest absolute Gasteiger partial charge is 0.390 e. The molecule has 7 nitrogen and oxygen atoms in total. The van der Waals surface area contributed by atoms with Gasteiger partial charge in [0.15, 0.2) is 0 Å². The van der Waals surface area contributed by atoms with Gasteiger partial charge in [-0.05, 0) is 25.0 Å². The average Bonchev–Trinajstić information content (AvgIpc) is 3.27. The van der Waals surface area contributed by atoms with E-state index in [0.717, 1.165) is 24.9 Å². The summed E-state index contributed by atoms with van der Waals surface area (Å²) in [4.78, 5) is 0. The molecule has 1 fully saturated rings. The Balaban J connectivity index is 1.49. The van der Waals surface area contributed by atoms with Gasteiger partial charge in [-0.1, -0.05) is 24.1 Å². The lowest BCUT2D eigenvalue weighted by atomic mass is 9.90. The maximum absolute atomic E-state index is 9.20. The van der Waals surface area contributed by atoms with Crippen molar-refractivity contribution in [1.29, 1.82) is 0 Å². The first-order valence-corrected chi connectivity index (χ1v) is 8.51. The molecule has 2 atom stereocenters. The SMILES string of the molecule is OCc1cn([C@@H]2CCCC[C@@H]2NCc2cnn3ccccc23)nn1. The Morgan fingerprint density at radius 1 is 1.25 bits per heavy atom. The summed E-state index contributed by atoms with van der Waals surface area (Å²) >= 11 is 0. The van der Waals surface area contributed by atoms with E-state index in [1.807, 2.05) is 39.9 Å². The van der Waals surface area contributed by atoms with Crippen LogP contribution in [0.4, 0.5) is 0 Å². The van der Waals surface area contributed by atoms with Gasteiger partial charge in [0.1, 0.15) is 5.69 Å². The first-order chi connectivity index (χ1) is 11.8. The molecule has 1 saturated carbocycles. The molecular weight excluding hydrogens is 304 g/mol. The van der Waals surface area contributed by atoms with Gasteiger partial charge in [0.2, 0.25) is 0 Å². The number of aromatic nitrogens is 5. The fraction of sp³-hybridized carbons (Fsp3) is 0.471. The van der Waals surface area contributed by atoms with Crippen LogP contribution in [0.25, 0.3) is 5.52 Å². The smallest absolute Gasteiger partial charge is 0.108 e. The minimum Gasteiger partial charge on any atom is -0.390 e. The lowest BCUT2D eigenvalue weighted by molar-refractivity contribution is 0.242. The zero-order valence-electron chi connectivity index (χ0n) is 13.5. The average molecular weight is 326 g/mol. The number of hydrogen-bond donors (Lipinski definition) is 2. The van der Waals surface area contributed by atoms with Crippen molar-refractivity contribution in [2.45, 2.75) is 50.9 Å². The van der Waals surface area contributed by atoms with Crippen LogP contribution in [0, 0.1) is 0 Å². The van der Waals surface area contributed by atoms with Crippen molar-refractivity contribution in [3.63, 3.8) is 0 Å². The molecule has 0 aliphatic heterocycles. The highest BCUT2D eigenvalue weighted by atomic mass is 16.3. The van der Waals surface area contributed by atoms with Crippen LogP contribution in [0.15, 0.2) is 36.8 Å². The number of pyridine rings is 1. The highest BCUT2D eigenvalue weighted by molar-refractivity contribution is 5.53. The van der Waals surface area contributed by atoms with Gasteiger partial charge in [-0.25, -0.2) is 9.20 Å². The summed E-state index contributed by atoms with van der Waals surface area (Å²) in [5.41, 5.74) is 2.97. The minimum absolute atomic E-state index is 0.0623. The Bertz CT molecular complexity index is 810. The fourth-order valence-corrected chi connectivity index (χ4v) is 3.58. The molecule has 0 radical (unpaired) electrons. The summed E-state index contributed by atoms with van der Waals surface area (Å²) < 4.78 is 3.82. The fourth-order valence-electron chi connectivity index (χ4n) is 3.58. The summed E-state index contributed by atoms with van der Waals surface area (Å²) in [7, 11) is 0. The highest BCUT2D eigenvalue weighted by Gasteiger charge is 2.27. The number of nitrogens with zero attached hydrogens (tertiary/aromatic N) is 5. The molecule has 0 saturated heterocycles. The van der Waals surface area contributed by atoms with Crippen molar-refractivity contribution >= 4 is 5.52 Å². The van der Waals surface area contributed by atoms with E-state index in [1.165, 1.54) is 18.4 Å². The first-order valence-electron chi connectivity index (χ1n) is 8.51. The number of nitrogens with one attached hydrogen (secondary N) is 1. The maximum Gasteiger partial charge on any atom is 0.108 e. The summed E-state index contributed by atoms with van der Waals surface area (Å²) in [6, 6.07) is 6.75. The van der Waals surface area contributed by atoms with E-state index in [1.54, 1.807) is 0 Å². The zero-order chi connectivity index (χ0) is 16.4. The van der Waals surface area contributed by atoms with E-state index < -0.39 is 0 Å². The van der Waals surface area contributed by atoms with E-state index in [4.69, 9.17) is 0 Å².